The zero-order valence-corrected chi connectivity index (χ0v) is 22.0. The van der Waals surface area contributed by atoms with E-state index in [1.165, 1.54) is 13.2 Å². The third-order valence-electron chi connectivity index (χ3n) is 6.07. The van der Waals surface area contributed by atoms with Crippen LogP contribution in [-0.4, -0.2) is 24.0 Å². The number of azo groups is 1. The highest BCUT2D eigenvalue weighted by Gasteiger charge is 2.19. The zero-order chi connectivity index (χ0) is 28.1. The molecule has 0 fully saturated rings. The first-order chi connectivity index (χ1) is 19.4. The summed E-state index contributed by atoms with van der Waals surface area (Å²) in [5, 5.41) is 27.2. The van der Waals surface area contributed by atoms with Crippen LogP contribution >= 0.6 is 11.6 Å². The molecule has 3 N–H and O–H groups in total. The standard InChI is InChI=1S/C31H23ClN4O4/c1-40-27-16-11-20(30(38)33-22-8-3-2-4-9-22)18-26(27)35-36-28-24-10-6-5-7-19(24)17-25(29(28)37)31(39)34-23-14-12-21(32)13-15-23/h2-18,37H,1H3,(H,33,38)(H,34,39). The highest BCUT2D eigenvalue weighted by atomic mass is 35.5. The van der Waals surface area contributed by atoms with E-state index in [1.807, 2.05) is 30.3 Å². The number of ether oxygens (including phenoxy) is 1. The van der Waals surface area contributed by atoms with Crippen molar-refractivity contribution in [1.82, 2.24) is 0 Å². The molecule has 0 aliphatic rings. The Hall–Kier alpha value is -5.21. The lowest BCUT2D eigenvalue weighted by Crippen LogP contribution is -2.12. The second-order valence-electron chi connectivity index (χ2n) is 8.71. The highest BCUT2D eigenvalue weighted by Crippen LogP contribution is 2.40. The van der Waals surface area contributed by atoms with Crippen molar-refractivity contribution in [2.75, 3.05) is 17.7 Å². The second kappa shape index (κ2) is 11.7. The number of aromatic hydroxyl groups is 1. The number of methoxy groups -OCH3 is 1. The third kappa shape index (κ3) is 5.77. The molecule has 0 heterocycles. The summed E-state index contributed by atoms with van der Waals surface area (Å²) >= 11 is 5.94. The number of amides is 2. The second-order valence-corrected chi connectivity index (χ2v) is 9.15. The lowest BCUT2D eigenvalue weighted by Gasteiger charge is -2.12. The average molecular weight is 551 g/mol. The molecule has 198 valence electrons. The van der Waals surface area contributed by atoms with Crippen molar-refractivity contribution in [3.63, 3.8) is 0 Å². The molecule has 5 rings (SSSR count). The van der Waals surface area contributed by atoms with Crippen molar-refractivity contribution in [2.24, 2.45) is 10.2 Å². The van der Waals surface area contributed by atoms with E-state index in [1.54, 1.807) is 66.7 Å². The number of carbonyl (C=O) groups is 2. The number of hydrogen-bond donors (Lipinski definition) is 3. The van der Waals surface area contributed by atoms with E-state index in [9.17, 15) is 14.7 Å². The summed E-state index contributed by atoms with van der Waals surface area (Å²) in [6.45, 7) is 0. The molecule has 0 saturated heterocycles. The van der Waals surface area contributed by atoms with Gasteiger partial charge in [0.05, 0.1) is 12.7 Å². The SMILES string of the molecule is COc1ccc(C(=O)Nc2ccccc2)cc1N=Nc1c(O)c(C(=O)Nc2ccc(Cl)cc2)cc2ccccc12. The molecule has 0 aromatic heterocycles. The van der Waals surface area contributed by atoms with Gasteiger partial charge in [-0.05, 0) is 66.0 Å². The number of phenolic OH excluding ortho intramolecular Hbond substituents is 1. The van der Waals surface area contributed by atoms with E-state index >= 15 is 0 Å². The van der Waals surface area contributed by atoms with Gasteiger partial charge >= 0.3 is 0 Å². The molecular weight excluding hydrogens is 528 g/mol. The Labute approximate surface area is 234 Å². The number of benzene rings is 5. The molecule has 0 saturated carbocycles. The van der Waals surface area contributed by atoms with Crippen molar-refractivity contribution in [3.8, 4) is 11.5 Å². The van der Waals surface area contributed by atoms with Crippen LogP contribution in [0.2, 0.25) is 5.02 Å². The van der Waals surface area contributed by atoms with Gasteiger partial charge in [0, 0.05) is 27.3 Å². The summed E-state index contributed by atoms with van der Waals surface area (Å²) in [4.78, 5) is 26.0. The number of hydrogen-bond acceptors (Lipinski definition) is 6. The van der Waals surface area contributed by atoms with Gasteiger partial charge in [-0.25, -0.2) is 0 Å². The first kappa shape index (κ1) is 26.4. The molecule has 0 radical (unpaired) electrons. The number of para-hydroxylation sites is 1. The van der Waals surface area contributed by atoms with Crippen molar-refractivity contribution in [1.29, 1.82) is 0 Å². The fourth-order valence-corrected chi connectivity index (χ4v) is 4.19. The van der Waals surface area contributed by atoms with Crippen LogP contribution in [0.1, 0.15) is 20.7 Å². The van der Waals surface area contributed by atoms with E-state index < -0.39 is 5.91 Å². The Morgan fingerprint density at radius 1 is 0.775 bits per heavy atom. The Morgan fingerprint density at radius 2 is 1.45 bits per heavy atom. The molecule has 5 aromatic rings. The zero-order valence-electron chi connectivity index (χ0n) is 21.3. The number of fused-ring (bicyclic) bond motifs is 1. The summed E-state index contributed by atoms with van der Waals surface area (Å²) < 4.78 is 5.42. The normalized spacial score (nSPS) is 10.9. The number of anilines is 2. The van der Waals surface area contributed by atoms with Crippen LogP contribution in [0.5, 0.6) is 11.5 Å². The maximum Gasteiger partial charge on any atom is 0.259 e. The minimum atomic E-state index is -0.529. The minimum Gasteiger partial charge on any atom is -0.505 e. The lowest BCUT2D eigenvalue weighted by molar-refractivity contribution is 0.101. The minimum absolute atomic E-state index is 0.0190. The molecular formula is C31H23ClN4O4. The fraction of sp³-hybridized carbons (Fsp3) is 0.0323. The topological polar surface area (TPSA) is 112 Å². The predicted molar refractivity (Wildman–Crippen MR) is 157 cm³/mol. The van der Waals surface area contributed by atoms with Crippen molar-refractivity contribution in [2.45, 2.75) is 0 Å². The first-order valence-corrected chi connectivity index (χ1v) is 12.6. The molecule has 9 heteroatoms. The van der Waals surface area contributed by atoms with Gasteiger partial charge in [-0.3, -0.25) is 9.59 Å². The average Bonchev–Trinajstić information content (AvgIpc) is 2.98. The monoisotopic (exact) mass is 550 g/mol. The van der Waals surface area contributed by atoms with Gasteiger partial charge < -0.3 is 20.5 Å². The van der Waals surface area contributed by atoms with Crippen LogP contribution in [0.4, 0.5) is 22.7 Å². The predicted octanol–water partition coefficient (Wildman–Crippen LogP) is 8.13. The van der Waals surface area contributed by atoms with Crippen LogP contribution in [0.3, 0.4) is 0 Å². The summed E-state index contributed by atoms with van der Waals surface area (Å²) in [7, 11) is 1.48. The van der Waals surface area contributed by atoms with Gasteiger partial charge in [0.25, 0.3) is 11.8 Å². The molecule has 8 nitrogen and oxygen atoms in total. The van der Waals surface area contributed by atoms with Crippen LogP contribution in [-0.2, 0) is 0 Å². The number of nitrogens with one attached hydrogen (secondary N) is 2. The van der Waals surface area contributed by atoms with Crippen LogP contribution < -0.4 is 15.4 Å². The lowest BCUT2D eigenvalue weighted by atomic mass is 10.0. The van der Waals surface area contributed by atoms with Gasteiger partial charge in [0.2, 0.25) is 0 Å². The van der Waals surface area contributed by atoms with Crippen LogP contribution in [0.25, 0.3) is 10.8 Å². The van der Waals surface area contributed by atoms with Gasteiger partial charge in [-0.2, -0.15) is 0 Å². The van der Waals surface area contributed by atoms with Crippen molar-refractivity contribution >= 4 is 56.9 Å². The Bertz CT molecular complexity index is 1740. The summed E-state index contributed by atoms with van der Waals surface area (Å²) in [6.07, 6.45) is 0. The molecule has 0 atom stereocenters. The molecule has 0 spiro atoms. The van der Waals surface area contributed by atoms with Gasteiger partial charge in [0.15, 0.2) is 5.75 Å². The quantitative estimate of drug-likeness (QED) is 0.177. The van der Waals surface area contributed by atoms with Crippen molar-refractivity contribution in [3.05, 3.63) is 119 Å². The fourth-order valence-electron chi connectivity index (χ4n) is 4.06. The third-order valence-corrected chi connectivity index (χ3v) is 6.32. The number of halogens is 1. The number of nitrogens with zero attached hydrogens (tertiary/aromatic N) is 2. The van der Waals surface area contributed by atoms with Crippen LogP contribution in [0.15, 0.2) is 113 Å². The maximum atomic E-state index is 13.1. The van der Waals surface area contributed by atoms with E-state index in [4.69, 9.17) is 16.3 Å². The van der Waals surface area contributed by atoms with Crippen molar-refractivity contribution < 1.29 is 19.4 Å². The molecule has 0 aliphatic carbocycles. The maximum absolute atomic E-state index is 13.1. The van der Waals surface area contributed by atoms with E-state index in [0.717, 1.165) is 0 Å². The van der Waals surface area contributed by atoms with Gasteiger partial charge in [-0.15, -0.1) is 10.2 Å². The molecule has 0 bridgehead atoms. The van der Waals surface area contributed by atoms with E-state index in [-0.39, 0.29) is 28.6 Å². The molecule has 2 amide bonds. The number of phenols is 1. The number of rotatable bonds is 7. The summed E-state index contributed by atoms with van der Waals surface area (Å²) in [5.41, 5.74) is 1.88. The van der Waals surface area contributed by atoms with Gasteiger partial charge in [0.1, 0.15) is 17.1 Å². The Morgan fingerprint density at radius 3 is 2.20 bits per heavy atom. The largest absolute Gasteiger partial charge is 0.505 e. The molecule has 5 aromatic carbocycles. The summed E-state index contributed by atoms with van der Waals surface area (Å²) in [6, 6.07) is 29.2. The molecule has 0 unspecified atom stereocenters. The Balaban J connectivity index is 1.51. The Kier molecular flexibility index (Phi) is 7.70. The summed E-state index contributed by atoms with van der Waals surface area (Å²) in [5.74, 6) is -0.829. The number of carbonyl (C=O) groups excluding carboxylic acids is 2. The van der Waals surface area contributed by atoms with Gasteiger partial charge in [-0.1, -0.05) is 54.1 Å². The molecule has 40 heavy (non-hydrogen) atoms. The first-order valence-electron chi connectivity index (χ1n) is 12.2. The van der Waals surface area contributed by atoms with E-state index in [0.29, 0.717) is 38.5 Å². The van der Waals surface area contributed by atoms with E-state index in [2.05, 4.69) is 20.9 Å². The smallest absolute Gasteiger partial charge is 0.259 e. The molecule has 0 aliphatic heterocycles. The van der Waals surface area contributed by atoms with Crippen LogP contribution in [0, 0.1) is 0 Å². The highest BCUT2D eigenvalue weighted by molar-refractivity contribution is 6.30.